The van der Waals surface area contributed by atoms with Gasteiger partial charge in [0.25, 0.3) is 0 Å². The molecule has 0 aliphatic rings. The first-order valence-electron chi connectivity index (χ1n) is 7.71. The van der Waals surface area contributed by atoms with Crippen molar-refractivity contribution < 1.29 is 0 Å². The Kier molecular flexibility index (Phi) is 4.98. The van der Waals surface area contributed by atoms with Crippen LogP contribution >= 0.6 is 11.6 Å². The largest absolute Gasteiger partial charge is 0.327 e. The van der Waals surface area contributed by atoms with Crippen molar-refractivity contribution in [3.8, 4) is 0 Å². The van der Waals surface area contributed by atoms with Crippen molar-refractivity contribution in [3.63, 3.8) is 0 Å². The number of hydrogen-bond donors (Lipinski definition) is 0. The second-order valence-electron chi connectivity index (χ2n) is 7.25. The van der Waals surface area contributed by atoms with E-state index in [-0.39, 0.29) is 5.41 Å². The minimum atomic E-state index is 0.170. The van der Waals surface area contributed by atoms with Crippen molar-refractivity contribution in [2.75, 3.05) is 0 Å². The topological polar surface area (TPSA) is 17.8 Å². The molecular weight excluding hydrogens is 280 g/mol. The third kappa shape index (κ3) is 4.23. The Hall–Kier alpha value is -1.02. The summed E-state index contributed by atoms with van der Waals surface area (Å²) < 4.78 is 2.27. The van der Waals surface area contributed by atoms with E-state index in [4.69, 9.17) is 16.6 Å². The second-order valence-corrected chi connectivity index (χ2v) is 7.52. The van der Waals surface area contributed by atoms with Gasteiger partial charge in [0.2, 0.25) is 0 Å². The zero-order valence-electron chi connectivity index (χ0n) is 13.8. The number of alkyl halides is 1. The fourth-order valence-electron chi connectivity index (χ4n) is 2.53. The summed E-state index contributed by atoms with van der Waals surface area (Å²) in [6.45, 7) is 12.1. The molecule has 0 fully saturated rings. The summed E-state index contributed by atoms with van der Waals surface area (Å²) in [7, 11) is 0. The van der Waals surface area contributed by atoms with E-state index in [0.29, 0.717) is 11.8 Å². The highest BCUT2D eigenvalue weighted by molar-refractivity contribution is 6.16. The van der Waals surface area contributed by atoms with Crippen molar-refractivity contribution in [3.05, 3.63) is 36.0 Å². The Bertz CT molecular complexity index is 605. The Morgan fingerprint density at radius 3 is 2.57 bits per heavy atom. The molecule has 1 aromatic heterocycles. The molecule has 3 heteroatoms. The summed E-state index contributed by atoms with van der Waals surface area (Å²) in [6, 6.07) is 6.53. The van der Waals surface area contributed by atoms with Crippen LogP contribution in [0.2, 0.25) is 0 Å². The van der Waals surface area contributed by atoms with E-state index in [1.807, 2.05) is 0 Å². The van der Waals surface area contributed by atoms with Crippen LogP contribution in [0.4, 0.5) is 0 Å². The van der Waals surface area contributed by atoms with Gasteiger partial charge in [0.05, 0.1) is 16.9 Å². The number of hydrogen-bond acceptors (Lipinski definition) is 1. The van der Waals surface area contributed by atoms with E-state index in [1.165, 1.54) is 11.1 Å². The van der Waals surface area contributed by atoms with Gasteiger partial charge in [0.1, 0.15) is 5.82 Å². The zero-order valence-corrected chi connectivity index (χ0v) is 14.5. The van der Waals surface area contributed by atoms with Gasteiger partial charge in [-0.25, -0.2) is 4.98 Å². The number of rotatable bonds is 5. The average Bonchev–Trinajstić information content (AvgIpc) is 2.71. The molecule has 0 bridgehead atoms. The van der Waals surface area contributed by atoms with Crippen LogP contribution in [-0.4, -0.2) is 9.55 Å². The summed E-state index contributed by atoms with van der Waals surface area (Å²) in [5.74, 6) is 2.12. The van der Waals surface area contributed by atoms with Crippen LogP contribution in [0, 0.1) is 17.8 Å². The van der Waals surface area contributed by atoms with Gasteiger partial charge in [-0.1, -0.05) is 40.7 Å². The van der Waals surface area contributed by atoms with Gasteiger partial charge in [0.15, 0.2) is 0 Å². The molecule has 1 radical (unpaired) electrons. The summed E-state index contributed by atoms with van der Waals surface area (Å²) in [4.78, 5) is 4.71. The van der Waals surface area contributed by atoms with Gasteiger partial charge in [-0.2, -0.15) is 0 Å². The molecule has 0 aliphatic heterocycles. The first-order valence-corrected chi connectivity index (χ1v) is 8.24. The highest BCUT2D eigenvalue weighted by atomic mass is 35.5. The number of imidazole rings is 1. The Morgan fingerprint density at radius 1 is 1.29 bits per heavy atom. The van der Waals surface area contributed by atoms with Crippen LogP contribution in [0.15, 0.2) is 18.2 Å². The molecule has 2 nitrogen and oxygen atoms in total. The number of nitrogens with zero attached hydrogens (tertiary/aromatic N) is 2. The number of halogens is 1. The van der Waals surface area contributed by atoms with E-state index < -0.39 is 0 Å². The van der Waals surface area contributed by atoms with Crippen LogP contribution in [0.5, 0.6) is 0 Å². The number of benzene rings is 1. The Labute approximate surface area is 133 Å². The summed E-state index contributed by atoms with van der Waals surface area (Å²) in [5, 5.41) is 0. The van der Waals surface area contributed by atoms with Gasteiger partial charge < -0.3 is 4.57 Å². The van der Waals surface area contributed by atoms with Crippen molar-refractivity contribution >= 4 is 22.6 Å². The van der Waals surface area contributed by atoms with Crippen molar-refractivity contribution in [2.45, 2.75) is 53.5 Å². The van der Waals surface area contributed by atoms with E-state index in [0.717, 1.165) is 24.3 Å². The van der Waals surface area contributed by atoms with Crippen LogP contribution in [-0.2, 0) is 12.4 Å². The highest BCUT2D eigenvalue weighted by Crippen LogP contribution is 2.26. The fraction of sp³-hybridized carbons (Fsp3) is 0.556. The molecule has 1 aromatic carbocycles. The lowest BCUT2D eigenvalue weighted by atomic mass is 9.88. The van der Waals surface area contributed by atoms with Crippen LogP contribution in [0.1, 0.15) is 52.4 Å². The van der Waals surface area contributed by atoms with Crippen LogP contribution < -0.4 is 0 Å². The zero-order chi connectivity index (χ0) is 15.6. The first-order chi connectivity index (χ1) is 9.80. The van der Waals surface area contributed by atoms with E-state index in [2.05, 4.69) is 63.8 Å². The van der Waals surface area contributed by atoms with E-state index in [9.17, 15) is 0 Å². The molecule has 2 aromatic rings. The van der Waals surface area contributed by atoms with Gasteiger partial charge >= 0.3 is 0 Å². The maximum absolute atomic E-state index is 6.07. The third-order valence-electron chi connectivity index (χ3n) is 3.50. The molecule has 0 unspecified atom stereocenters. The molecule has 1 heterocycles. The molecule has 0 saturated carbocycles. The lowest BCUT2D eigenvalue weighted by Gasteiger charge is -2.17. The lowest BCUT2D eigenvalue weighted by Crippen LogP contribution is -2.06. The second kappa shape index (κ2) is 6.39. The molecular formula is C18H26ClN2. The Balaban J connectivity index is 2.36. The summed E-state index contributed by atoms with van der Waals surface area (Å²) >= 11 is 6.07. The molecule has 0 N–H and O–H groups in total. The molecule has 21 heavy (non-hydrogen) atoms. The smallest absolute Gasteiger partial charge is 0.124 e. The summed E-state index contributed by atoms with van der Waals surface area (Å²) in [5.41, 5.74) is 3.64. The molecule has 0 aliphatic carbocycles. The van der Waals surface area contributed by atoms with Crippen LogP contribution in [0.25, 0.3) is 11.0 Å². The minimum Gasteiger partial charge on any atom is -0.327 e. The molecule has 0 saturated heterocycles. The fourth-order valence-corrected chi connectivity index (χ4v) is 2.73. The number of aromatic nitrogens is 2. The molecule has 0 amide bonds. The van der Waals surface area contributed by atoms with Gasteiger partial charge in [0, 0.05) is 6.54 Å². The average molecular weight is 306 g/mol. The Morgan fingerprint density at radius 2 is 2.00 bits per heavy atom. The van der Waals surface area contributed by atoms with Gasteiger partial charge in [-0.05, 0) is 41.9 Å². The van der Waals surface area contributed by atoms with E-state index >= 15 is 0 Å². The monoisotopic (exact) mass is 305 g/mol. The molecule has 0 spiro atoms. The SMILES string of the molecule is CC(C)CCn1c(CCl)nc2cc([CH]C(C)(C)C)ccc21. The maximum Gasteiger partial charge on any atom is 0.124 e. The lowest BCUT2D eigenvalue weighted by molar-refractivity contribution is 0.506. The summed E-state index contributed by atoms with van der Waals surface area (Å²) in [6.07, 6.45) is 3.42. The standard InChI is InChI=1S/C18H26ClN2/c1-13(2)8-9-21-16-7-6-14(11-18(3,4)5)10-15(16)20-17(21)12-19/h6-7,10-11,13H,8-9,12H2,1-5H3. The molecule has 115 valence electrons. The molecule has 0 atom stereocenters. The predicted molar refractivity (Wildman–Crippen MR) is 91.6 cm³/mol. The predicted octanol–water partition coefficient (Wildman–Crippen LogP) is 5.42. The van der Waals surface area contributed by atoms with Crippen molar-refractivity contribution in [1.29, 1.82) is 0 Å². The quantitative estimate of drug-likeness (QED) is 0.674. The minimum absolute atomic E-state index is 0.170. The number of fused-ring (bicyclic) bond motifs is 1. The normalized spacial score (nSPS) is 12.5. The maximum atomic E-state index is 6.07. The van der Waals surface area contributed by atoms with Crippen molar-refractivity contribution in [1.82, 2.24) is 9.55 Å². The first kappa shape index (κ1) is 16.4. The van der Waals surface area contributed by atoms with Gasteiger partial charge in [-0.3, -0.25) is 0 Å². The third-order valence-corrected chi connectivity index (χ3v) is 3.74. The number of aryl methyl sites for hydroxylation is 1. The van der Waals surface area contributed by atoms with Crippen LogP contribution in [0.3, 0.4) is 0 Å². The van der Waals surface area contributed by atoms with E-state index in [1.54, 1.807) is 0 Å². The van der Waals surface area contributed by atoms with Gasteiger partial charge in [-0.15, -0.1) is 11.6 Å². The molecule has 2 rings (SSSR count). The van der Waals surface area contributed by atoms with Crippen molar-refractivity contribution in [2.24, 2.45) is 11.3 Å². The highest BCUT2D eigenvalue weighted by Gasteiger charge is 2.15.